The molecule has 2 rings (SSSR count). The highest BCUT2D eigenvalue weighted by molar-refractivity contribution is 5.95. The number of aromatic nitrogens is 1. The first-order chi connectivity index (χ1) is 12.8. The van der Waals surface area contributed by atoms with Crippen LogP contribution in [0.15, 0.2) is 42.7 Å². The Kier molecular flexibility index (Phi) is 6.73. The molecular weight excluding hydrogens is 352 g/mol. The van der Waals surface area contributed by atoms with Crippen LogP contribution in [0.25, 0.3) is 0 Å². The molecule has 8 heteroatoms. The third-order valence-electron chi connectivity index (χ3n) is 3.68. The Morgan fingerprint density at radius 1 is 1.22 bits per heavy atom. The number of carboxylic acids is 1. The van der Waals surface area contributed by atoms with Crippen LogP contribution in [0.4, 0.5) is 0 Å². The number of nitrogens with one attached hydrogen (secondary N) is 1. The predicted molar refractivity (Wildman–Crippen MR) is 96.8 cm³/mol. The molecule has 1 aromatic carbocycles. The van der Waals surface area contributed by atoms with E-state index < -0.39 is 24.0 Å². The van der Waals surface area contributed by atoms with Crippen LogP contribution in [-0.4, -0.2) is 45.8 Å². The molecule has 1 heterocycles. The summed E-state index contributed by atoms with van der Waals surface area (Å²) in [6.07, 6.45) is 3.36. The third-order valence-corrected chi connectivity index (χ3v) is 3.68. The minimum Gasteiger partial charge on any atom is -0.490 e. The number of carbonyl (C=O) groups excluding carboxylic acids is 1. The molecule has 27 heavy (non-hydrogen) atoms. The minimum absolute atomic E-state index is 0.258. The molecule has 0 saturated heterocycles. The molecule has 0 radical (unpaired) electrons. The quantitative estimate of drug-likeness (QED) is 0.610. The van der Waals surface area contributed by atoms with Gasteiger partial charge in [-0.15, -0.1) is 0 Å². The summed E-state index contributed by atoms with van der Waals surface area (Å²) in [5.41, 5.74) is -0.906. The van der Waals surface area contributed by atoms with E-state index in [1.54, 1.807) is 18.5 Å². The lowest BCUT2D eigenvalue weighted by Gasteiger charge is -2.18. The van der Waals surface area contributed by atoms with Gasteiger partial charge in [-0.3, -0.25) is 9.78 Å². The molecule has 0 aliphatic carbocycles. The van der Waals surface area contributed by atoms with Crippen molar-refractivity contribution in [3.8, 4) is 11.5 Å². The molecule has 0 fully saturated rings. The molecule has 0 bridgehead atoms. The highest BCUT2D eigenvalue weighted by Gasteiger charge is 2.30. The van der Waals surface area contributed by atoms with E-state index in [1.165, 1.54) is 12.1 Å². The van der Waals surface area contributed by atoms with Crippen molar-refractivity contribution in [1.29, 1.82) is 0 Å². The van der Waals surface area contributed by atoms with Crippen molar-refractivity contribution in [1.82, 2.24) is 10.3 Å². The van der Waals surface area contributed by atoms with Crippen LogP contribution in [0.3, 0.4) is 0 Å². The van der Waals surface area contributed by atoms with Crippen LogP contribution in [0.5, 0.6) is 11.5 Å². The van der Waals surface area contributed by atoms with Crippen LogP contribution in [0.2, 0.25) is 0 Å². The average Bonchev–Trinajstić information content (AvgIpc) is 2.66. The Morgan fingerprint density at radius 3 is 2.63 bits per heavy atom. The van der Waals surface area contributed by atoms with Gasteiger partial charge in [-0.1, -0.05) is 6.07 Å². The summed E-state index contributed by atoms with van der Waals surface area (Å²) >= 11 is 0. The number of pyridine rings is 1. The monoisotopic (exact) mass is 374 g/mol. The van der Waals surface area contributed by atoms with E-state index in [0.717, 1.165) is 12.5 Å². The fraction of sp³-hybridized carbons (Fsp3) is 0.316. The van der Waals surface area contributed by atoms with Gasteiger partial charge in [0.25, 0.3) is 5.91 Å². The first-order valence-corrected chi connectivity index (χ1v) is 8.36. The van der Waals surface area contributed by atoms with Crippen LogP contribution in [0, 0.1) is 0 Å². The number of nitrogens with zero attached hydrogens (tertiary/aromatic N) is 1. The molecule has 1 amide bonds. The summed E-state index contributed by atoms with van der Waals surface area (Å²) < 4.78 is 11.3. The molecule has 1 aromatic heterocycles. The molecule has 2 aromatic rings. The second-order valence-electron chi connectivity index (χ2n) is 6.01. The third kappa shape index (κ3) is 5.68. The number of ether oxygens (including phenoxy) is 2. The van der Waals surface area contributed by atoms with Gasteiger partial charge < -0.3 is 25.0 Å². The number of benzene rings is 1. The van der Waals surface area contributed by atoms with E-state index in [9.17, 15) is 14.7 Å². The molecular formula is C19H22N2O6. The maximum atomic E-state index is 12.2. The van der Waals surface area contributed by atoms with Crippen molar-refractivity contribution in [2.75, 3.05) is 13.2 Å². The molecule has 0 aliphatic rings. The van der Waals surface area contributed by atoms with Gasteiger partial charge in [0.15, 0.2) is 17.1 Å². The van der Waals surface area contributed by atoms with Gasteiger partial charge in [-0.05, 0) is 38.1 Å². The fourth-order valence-electron chi connectivity index (χ4n) is 2.11. The summed E-state index contributed by atoms with van der Waals surface area (Å²) in [5, 5.41) is 21.0. The van der Waals surface area contributed by atoms with E-state index in [0.29, 0.717) is 24.7 Å². The smallest absolute Gasteiger partial charge is 0.337 e. The summed E-state index contributed by atoms with van der Waals surface area (Å²) in [4.78, 5) is 27.2. The normalized spacial score (nSPS) is 12.7. The second kappa shape index (κ2) is 9.00. The van der Waals surface area contributed by atoms with Crippen LogP contribution in [-0.2, 0) is 11.4 Å². The van der Waals surface area contributed by atoms with E-state index in [2.05, 4.69) is 10.3 Å². The van der Waals surface area contributed by atoms with Gasteiger partial charge in [-0.25, -0.2) is 4.79 Å². The van der Waals surface area contributed by atoms with Gasteiger partial charge in [-0.2, -0.15) is 0 Å². The van der Waals surface area contributed by atoms with E-state index in [4.69, 9.17) is 14.6 Å². The number of aliphatic hydroxyl groups is 1. The van der Waals surface area contributed by atoms with Gasteiger partial charge in [0, 0.05) is 23.5 Å². The lowest BCUT2D eigenvalue weighted by atomic mass is 10.1. The van der Waals surface area contributed by atoms with Crippen molar-refractivity contribution >= 4 is 11.9 Å². The Morgan fingerprint density at radius 2 is 2.00 bits per heavy atom. The predicted octanol–water partition coefficient (Wildman–Crippen LogP) is 1.62. The summed E-state index contributed by atoms with van der Waals surface area (Å²) in [7, 11) is 0. The van der Waals surface area contributed by atoms with Crippen molar-refractivity contribution in [3.05, 3.63) is 53.9 Å². The maximum absolute atomic E-state index is 12.2. The Bertz CT molecular complexity index is 792. The average molecular weight is 374 g/mol. The molecule has 1 unspecified atom stereocenters. The highest BCUT2D eigenvalue weighted by Crippen LogP contribution is 2.29. The van der Waals surface area contributed by atoms with Crippen LogP contribution >= 0.6 is 0 Å². The van der Waals surface area contributed by atoms with Gasteiger partial charge in [0.1, 0.15) is 6.61 Å². The zero-order valence-corrected chi connectivity index (χ0v) is 15.1. The molecule has 0 saturated carbocycles. The largest absolute Gasteiger partial charge is 0.490 e. The number of aliphatic carboxylic acids is 1. The maximum Gasteiger partial charge on any atom is 0.337 e. The zero-order chi connectivity index (χ0) is 19.9. The summed E-state index contributed by atoms with van der Waals surface area (Å²) in [6.45, 7) is 3.16. The standard InChI is InChI=1S/C19H22N2O6/c1-3-26-16-9-14(17(22)21-12-19(2,25)18(23)24)6-7-15(16)27-11-13-5-4-8-20-10-13/h4-10,25H,3,11-12H2,1-2H3,(H,21,22)(H,23,24). The van der Waals surface area contributed by atoms with Crippen LogP contribution < -0.4 is 14.8 Å². The van der Waals surface area contributed by atoms with Crippen LogP contribution in [0.1, 0.15) is 29.8 Å². The van der Waals surface area contributed by atoms with Crippen molar-refractivity contribution in [2.45, 2.75) is 26.1 Å². The number of hydrogen-bond donors (Lipinski definition) is 3. The molecule has 8 nitrogen and oxygen atoms in total. The lowest BCUT2D eigenvalue weighted by molar-refractivity contribution is -0.155. The number of carboxylic acid groups (broad SMARTS) is 1. The number of carbonyl (C=O) groups is 2. The Balaban J connectivity index is 2.09. The second-order valence-corrected chi connectivity index (χ2v) is 6.01. The minimum atomic E-state index is -2.05. The Labute approximate surface area is 156 Å². The number of hydrogen-bond acceptors (Lipinski definition) is 6. The Hall–Kier alpha value is -3.13. The van der Waals surface area contributed by atoms with E-state index in [-0.39, 0.29) is 5.56 Å². The lowest BCUT2D eigenvalue weighted by Crippen LogP contribution is -2.46. The first-order valence-electron chi connectivity index (χ1n) is 8.36. The van der Waals surface area contributed by atoms with E-state index >= 15 is 0 Å². The molecule has 3 N–H and O–H groups in total. The van der Waals surface area contributed by atoms with Crippen molar-refractivity contribution in [2.24, 2.45) is 0 Å². The topological polar surface area (TPSA) is 118 Å². The summed E-state index contributed by atoms with van der Waals surface area (Å²) in [6, 6.07) is 8.33. The van der Waals surface area contributed by atoms with Gasteiger partial charge in [0.05, 0.1) is 13.2 Å². The van der Waals surface area contributed by atoms with Crippen molar-refractivity contribution in [3.63, 3.8) is 0 Å². The molecule has 0 aliphatic heterocycles. The SMILES string of the molecule is CCOc1cc(C(=O)NCC(C)(O)C(=O)O)ccc1OCc1cccnc1. The molecule has 0 spiro atoms. The highest BCUT2D eigenvalue weighted by atomic mass is 16.5. The van der Waals surface area contributed by atoms with E-state index in [1.807, 2.05) is 19.1 Å². The molecule has 1 atom stereocenters. The number of rotatable bonds is 9. The zero-order valence-electron chi connectivity index (χ0n) is 15.1. The molecule has 144 valence electrons. The first kappa shape index (κ1) is 20.2. The van der Waals surface area contributed by atoms with Gasteiger partial charge >= 0.3 is 5.97 Å². The van der Waals surface area contributed by atoms with Crippen molar-refractivity contribution < 1.29 is 29.3 Å². The summed E-state index contributed by atoms with van der Waals surface area (Å²) in [5.74, 6) is -1.10. The fourth-order valence-corrected chi connectivity index (χ4v) is 2.11. The van der Waals surface area contributed by atoms with Gasteiger partial charge in [0.2, 0.25) is 0 Å². The number of amides is 1.